The molecule has 0 unspecified atom stereocenters. The maximum absolute atomic E-state index is 13.2. The van der Waals surface area contributed by atoms with Crippen LogP contribution >= 0.6 is 11.3 Å². The van der Waals surface area contributed by atoms with Gasteiger partial charge in [-0.2, -0.15) is 4.98 Å². The number of aromatic nitrogens is 2. The Morgan fingerprint density at radius 2 is 1.86 bits per heavy atom. The largest absolute Gasteiger partial charge is 0.423 e. The van der Waals surface area contributed by atoms with E-state index >= 15 is 0 Å². The number of anilines is 2. The van der Waals surface area contributed by atoms with E-state index in [0.717, 1.165) is 26.9 Å². The van der Waals surface area contributed by atoms with Gasteiger partial charge in [-0.05, 0) is 55.3 Å². The molecule has 2 aromatic carbocycles. The summed E-state index contributed by atoms with van der Waals surface area (Å²) >= 11 is 1.36. The third-order valence-electron chi connectivity index (χ3n) is 3.57. The number of hydrogen-bond acceptors (Lipinski definition) is 5. The molecule has 0 bridgehead atoms. The number of thiazole rings is 1. The molecule has 6 heteroatoms. The Morgan fingerprint density at radius 1 is 1.05 bits per heavy atom. The molecule has 0 saturated carbocycles. The molecule has 1 N–H and O–H groups in total. The zero-order valence-corrected chi connectivity index (χ0v) is 12.8. The van der Waals surface area contributed by atoms with E-state index in [2.05, 4.69) is 15.3 Å². The van der Waals surface area contributed by atoms with Crippen LogP contribution in [0.4, 0.5) is 15.5 Å². The molecule has 0 atom stereocenters. The van der Waals surface area contributed by atoms with Gasteiger partial charge < -0.3 is 4.42 Å². The molecule has 4 nitrogen and oxygen atoms in total. The van der Waals surface area contributed by atoms with E-state index in [1.165, 1.54) is 29.0 Å². The summed E-state index contributed by atoms with van der Waals surface area (Å²) in [7, 11) is 0. The highest BCUT2D eigenvalue weighted by Crippen LogP contribution is 2.30. The van der Waals surface area contributed by atoms with Gasteiger partial charge >= 0.3 is 6.01 Å². The lowest BCUT2D eigenvalue weighted by molar-refractivity contribution is 0.622. The molecule has 0 spiro atoms. The normalized spacial score (nSPS) is 11.4. The molecule has 0 fully saturated rings. The molecule has 0 aliphatic carbocycles. The third-order valence-corrected chi connectivity index (χ3v) is 4.50. The predicted octanol–water partition coefficient (Wildman–Crippen LogP) is 4.94. The number of halogens is 1. The highest BCUT2D eigenvalue weighted by Gasteiger charge is 2.10. The van der Waals surface area contributed by atoms with E-state index in [1.54, 1.807) is 6.07 Å². The molecular formula is C16H12FN3OS. The van der Waals surface area contributed by atoms with E-state index < -0.39 is 0 Å². The van der Waals surface area contributed by atoms with Gasteiger partial charge in [-0.1, -0.05) is 11.3 Å². The molecule has 0 saturated heterocycles. The van der Waals surface area contributed by atoms with Gasteiger partial charge in [0, 0.05) is 0 Å². The maximum atomic E-state index is 13.2. The SMILES string of the molecule is Cc1cc2nc(Nc3nc4ccc(F)cc4s3)oc2cc1C. The minimum atomic E-state index is -0.268. The number of benzene rings is 2. The summed E-state index contributed by atoms with van der Waals surface area (Å²) in [6.45, 7) is 4.07. The zero-order chi connectivity index (χ0) is 15.3. The molecule has 110 valence electrons. The predicted molar refractivity (Wildman–Crippen MR) is 86.3 cm³/mol. The van der Waals surface area contributed by atoms with Gasteiger partial charge in [-0.15, -0.1) is 0 Å². The molecule has 22 heavy (non-hydrogen) atoms. The van der Waals surface area contributed by atoms with Gasteiger partial charge in [0.25, 0.3) is 0 Å². The number of hydrogen-bond donors (Lipinski definition) is 1. The standard InChI is InChI=1S/C16H12FN3OS/c1-8-5-12-13(6-9(8)2)21-15(18-12)20-16-19-11-4-3-10(17)7-14(11)22-16/h3-7H,1-2H3,(H,18,19,20). The topological polar surface area (TPSA) is 51.0 Å². The van der Waals surface area contributed by atoms with E-state index in [1.807, 2.05) is 26.0 Å². The van der Waals surface area contributed by atoms with Crippen LogP contribution in [-0.4, -0.2) is 9.97 Å². The first-order valence-electron chi connectivity index (χ1n) is 6.79. The van der Waals surface area contributed by atoms with Crippen LogP contribution in [0.3, 0.4) is 0 Å². The first-order valence-corrected chi connectivity index (χ1v) is 7.61. The van der Waals surface area contributed by atoms with Gasteiger partial charge in [0.15, 0.2) is 10.7 Å². The van der Waals surface area contributed by atoms with Crippen molar-refractivity contribution in [3.8, 4) is 0 Å². The fraction of sp³-hybridized carbons (Fsp3) is 0.125. The number of nitrogens with one attached hydrogen (secondary N) is 1. The smallest absolute Gasteiger partial charge is 0.302 e. The van der Waals surface area contributed by atoms with Crippen molar-refractivity contribution >= 4 is 43.8 Å². The molecular weight excluding hydrogens is 301 g/mol. The molecule has 0 radical (unpaired) electrons. The highest BCUT2D eigenvalue weighted by atomic mass is 32.1. The molecule has 4 aromatic rings. The minimum Gasteiger partial charge on any atom is -0.423 e. The monoisotopic (exact) mass is 313 g/mol. The van der Waals surface area contributed by atoms with Crippen LogP contribution < -0.4 is 5.32 Å². The Hall–Kier alpha value is -2.47. The van der Waals surface area contributed by atoms with Gasteiger partial charge in [0.2, 0.25) is 0 Å². The van der Waals surface area contributed by atoms with Crippen molar-refractivity contribution < 1.29 is 8.81 Å². The van der Waals surface area contributed by atoms with E-state index in [0.29, 0.717) is 11.1 Å². The minimum absolute atomic E-state index is 0.268. The Balaban J connectivity index is 1.72. The van der Waals surface area contributed by atoms with Crippen molar-refractivity contribution in [2.75, 3.05) is 5.32 Å². The van der Waals surface area contributed by atoms with Gasteiger partial charge in [-0.3, -0.25) is 5.32 Å². The summed E-state index contributed by atoms with van der Waals surface area (Å²) in [6.07, 6.45) is 0. The molecule has 0 aliphatic heterocycles. The fourth-order valence-corrected chi connectivity index (χ4v) is 3.16. The van der Waals surface area contributed by atoms with Crippen molar-refractivity contribution in [3.05, 3.63) is 47.3 Å². The molecule has 4 rings (SSSR count). The van der Waals surface area contributed by atoms with Crippen molar-refractivity contribution in [2.24, 2.45) is 0 Å². The molecule has 0 amide bonds. The quantitative estimate of drug-likeness (QED) is 0.569. The molecule has 2 heterocycles. The van der Waals surface area contributed by atoms with Crippen LogP contribution in [0.15, 0.2) is 34.7 Å². The summed E-state index contributed by atoms with van der Waals surface area (Å²) in [6, 6.07) is 8.88. The lowest BCUT2D eigenvalue weighted by atomic mass is 10.1. The summed E-state index contributed by atoms with van der Waals surface area (Å²) < 4.78 is 19.7. The van der Waals surface area contributed by atoms with Crippen LogP contribution in [-0.2, 0) is 0 Å². The fourth-order valence-electron chi connectivity index (χ4n) is 2.28. The van der Waals surface area contributed by atoms with Crippen molar-refractivity contribution in [1.29, 1.82) is 0 Å². The average molecular weight is 313 g/mol. The Morgan fingerprint density at radius 3 is 2.73 bits per heavy atom. The number of aryl methyl sites for hydroxylation is 2. The third kappa shape index (κ3) is 2.21. The van der Waals surface area contributed by atoms with Crippen molar-refractivity contribution in [3.63, 3.8) is 0 Å². The second-order valence-corrected chi connectivity index (χ2v) is 6.21. The van der Waals surface area contributed by atoms with Gasteiger partial charge in [-0.25, -0.2) is 9.37 Å². The summed E-state index contributed by atoms with van der Waals surface area (Å²) in [5.41, 5.74) is 4.61. The van der Waals surface area contributed by atoms with Crippen LogP contribution in [0.25, 0.3) is 21.3 Å². The van der Waals surface area contributed by atoms with Gasteiger partial charge in [0.05, 0.1) is 10.2 Å². The number of nitrogens with zero attached hydrogens (tertiary/aromatic N) is 2. The summed E-state index contributed by atoms with van der Waals surface area (Å²) in [5, 5.41) is 3.67. The van der Waals surface area contributed by atoms with E-state index in [9.17, 15) is 4.39 Å². The Labute approximate surface area is 129 Å². The van der Waals surface area contributed by atoms with Crippen LogP contribution in [0.2, 0.25) is 0 Å². The Bertz CT molecular complexity index is 966. The first kappa shape index (κ1) is 13.2. The van der Waals surface area contributed by atoms with Crippen LogP contribution in [0.1, 0.15) is 11.1 Å². The number of fused-ring (bicyclic) bond motifs is 2. The van der Waals surface area contributed by atoms with Crippen LogP contribution in [0.5, 0.6) is 0 Å². The second kappa shape index (κ2) is 4.78. The van der Waals surface area contributed by atoms with Gasteiger partial charge in [0.1, 0.15) is 11.3 Å². The number of rotatable bonds is 2. The van der Waals surface area contributed by atoms with Crippen LogP contribution in [0, 0.1) is 19.7 Å². The Kier molecular flexibility index (Phi) is 2.87. The van der Waals surface area contributed by atoms with E-state index in [4.69, 9.17) is 4.42 Å². The summed E-state index contributed by atoms with van der Waals surface area (Å²) in [5.74, 6) is -0.268. The maximum Gasteiger partial charge on any atom is 0.302 e. The lowest BCUT2D eigenvalue weighted by Crippen LogP contribution is -1.88. The van der Waals surface area contributed by atoms with Crippen molar-refractivity contribution in [1.82, 2.24) is 9.97 Å². The lowest BCUT2D eigenvalue weighted by Gasteiger charge is -1.96. The first-order chi connectivity index (χ1) is 10.6. The number of oxazole rings is 1. The zero-order valence-electron chi connectivity index (χ0n) is 12.0. The second-order valence-electron chi connectivity index (χ2n) is 5.18. The average Bonchev–Trinajstić information content (AvgIpc) is 3.02. The van der Waals surface area contributed by atoms with E-state index in [-0.39, 0.29) is 5.82 Å². The summed E-state index contributed by atoms with van der Waals surface area (Å²) in [4.78, 5) is 8.81. The molecule has 0 aliphatic rings. The van der Waals surface area contributed by atoms with Crippen molar-refractivity contribution in [2.45, 2.75) is 13.8 Å². The molecule has 2 aromatic heterocycles. The highest BCUT2D eigenvalue weighted by molar-refractivity contribution is 7.22.